The second kappa shape index (κ2) is 5.17. The third-order valence-corrected chi connectivity index (χ3v) is 4.98. The van der Waals surface area contributed by atoms with Crippen molar-refractivity contribution in [1.29, 1.82) is 0 Å². The largest absolute Gasteiger partial charge is 0.477 e. The van der Waals surface area contributed by atoms with Gasteiger partial charge in [0, 0.05) is 11.9 Å². The minimum absolute atomic E-state index is 0.0516. The molecule has 1 aromatic heterocycles. The molecular formula is C14H13NO5S. The number of rotatable bonds is 3. The second-order valence-electron chi connectivity index (χ2n) is 4.61. The summed E-state index contributed by atoms with van der Waals surface area (Å²) in [5, 5.41) is 8.94. The van der Waals surface area contributed by atoms with Crippen LogP contribution >= 0.6 is 0 Å². The first-order valence-electron chi connectivity index (χ1n) is 6.02. The van der Waals surface area contributed by atoms with E-state index in [0.29, 0.717) is 0 Å². The highest BCUT2D eigenvalue weighted by atomic mass is 32.2. The van der Waals surface area contributed by atoms with E-state index in [0.717, 1.165) is 11.8 Å². The van der Waals surface area contributed by atoms with Crippen molar-refractivity contribution in [3.05, 3.63) is 57.5 Å². The summed E-state index contributed by atoms with van der Waals surface area (Å²) in [5.41, 5.74) is -0.643. The lowest BCUT2D eigenvalue weighted by molar-refractivity contribution is 0.0694. The molecule has 0 radical (unpaired) electrons. The average Bonchev–Trinajstić information content (AvgIpc) is 2.38. The average molecular weight is 307 g/mol. The highest BCUT2D eigenvalue weighted by molar-refractivity contribution is 7.91. The standard InChI is InChI=1S/C14H13NO5S/c1-8-3-5-10(6-4-8)21(19,20)13-9(2)15-7-11(12(13)16)14(17)18/h3-7H,1-2H3,(H,15,16)(H,17,18). The van der Waals surface area contributed by atoms with Crippen molar-refractivity contribution in [2.45, 2.75) is 23.6 Å². The van der Waals surface area contributed by atoms with Crippen molar-refractivity contribution in [3.8, 4) is 0 Å². The van der Waals surface area contributed by atoms with E-state index in [9.17, 15) is 18.0 Å². The van der Waals surface area contributed by atoms with Gasteiger partial charge in [-0.15, -0.1) is 0 Å². The smallest absolute Gasteiger partial charge is 0.341 e. The molecule has 0 spiro atoms. The number of aromatic nitrogens is 1. The van der Waals surface area contributed by atoms with E-state index < -0.39 is 31.7 Å². The zero-order valence-corrected chi connectivity index (χ0v) is 12.2. The summed E-state index contributed by atoms with van der Waals surface area (Å²) < 4.78 is 25.1. The van der Waals surface area contributed by atoms with E-state index in [-0.39, 0.29) is 10.6 Å². The van der Waals surface area contributed by atoms with Gasteiger partial charge in [-0.3, -0.25) is 4.79 Å². The molecule has 0 bridgehead atoms. The molecule has 1 heterocycles. The number of aromatic amines is 1. The van der Waals surface area contributed by atoms with E-state index in [1.54, 1.807) is 19.1 Å². The molecule has 0 saturated heterocycles. The first-order chi connectivity index (χ1) is 9.75. The van der Waals surface area contributed by atoms with Gasteiger partial charge in [-0.25, -0.2) is 13.2 Å². The minimum Gasteiger partial charge on any atom is -0.477 e. The van der Waals surface area contributed by atoms with Crippen LogP contribution < -0.4 is 5.43 Å². The maximum atomic E-state index is 12.5. The number of hydrogen-bond donors (Lipinski definition) is 2. The quantitative estimate of drug-likeness (QED) is 0.894. The lowest BCUT2D eigenvalue weighted by Gasteiger charge is -2.08. The van der Waals surface area contributed by atoms with Crippen LogP contribution in [-0.2, 0) is 9.84 Å². The fourth-order valence-corrected chi connectivity index (χ4v) is 3.47. The molecule has 0 unspecified atom stereocenters. The van der Waals surface area contributed by atoms with Crippen LogP contribution in [0.15, 0.2) is 45.0 Å². The SMILES string of the molecule is Cc1ccc(S(=O)(=O)c2c(C)[nH]cc(C(=O)O)c2=O)cc1. The van der Waals surface area contributed by atoms with Gasteiger partial charge in [0.25, 0.3) is 0 Å². The van der Waals surface area contributed by atoms with Gasteiger partial charge in [-0.1, -0.05) is 17.7 Å². The molecule has 0 aliphatic carbocycles. The molecule has 0 fully saturated rings. The Kier molecular flexibility index (Phi) is 3.69. The second-order valence-corrected chi connectivity index (χ2v) is 6.49. The third-order valence-electron chi connectivity index (χ3n) is 3.05. The number of pyridine rings is 1. The number of carboxylic acids is 1. The highest BCUT2D eigenvalue weighted by Gasteiger charge is 2.26. The van der Waals surface area contributed by atoms with Gasteiger partial charge in [0.1, 0.15) is 10.5 Å². The molecule has 21 heavy (non-hydrogen) atoms. The number of carboxylic acid groups (broad SMARTS) is 1. The third kappa shape index (κ3) is 2.59. The van der Waals surface area contributed by atoms with Gasteiger partial charge in [0.05, 0.1) is 4.90 Å². The Morgan fingerprint density at radius 3 is 2.24 bits per heavy atom. The summed E-state index contributed by atoms with van der Waals surface area (Å²) >= 11 is 0. The molecule has 0 amide bonds. The first kappa shape index (κ1) is 15.0. The Morgan fingerprint density at radius 2 is 1.71 bits per heavy atom. The molecule has 6 nitrogen and oxygen atoms in total. The summed E-state index contributed by atoms with van der Waals surface area (Å²) in [6, 6.07) is 5.99. The van der Waals surface area contributed by atoms with Crippen molar-refractivity contribution in [2.75, 3.05) is 0 Å². The molecule has 0 aliphatic rings. The van der Waals surface area contributed by atoms with Crippen molar-refractivity contribution in [2.24, 2.45) is 0 Å². The van der Waals surface area contributed by atoms with Crippen LogP contribution in [0.1, 0.15) is 21.6 Å². The molecule has 1 aromatic carbocycles. The van der Waals surface area contributed by atoms with Crippen molar-refractivity contribution < 1.29 is 18.3 Å². The fourth-order valence-electron chi connectivity index (χ4n) is 1.92. The summed E-state index contributed by atoms with van der Waals surface area (Å²) in [6.07, 6.45) is 0.994. The van der Waals surface area contributed by atoms with E-state index >= 15 is 0 Å². The van der Waals surface area contributed by atoms with Crippen LogP contribution in [0.3, 0.4) is 0 Å². The molecule has 0 atom stereocenters. The number of sulfone groups is 1. The molecule has 2 aromatic rings. The van der Waals surface area contributed by atoms with E-state index in [4.69, 9.17) is 5.11 Å². The van der Waals surface area contributed by atoms with Crippen LogP contribution in [0.5, 0.6) is 0 Å². The Morgan fingerprint density at radius 1 is 1.14 bits per heavy atom. The van der Waals surface area contributed by atoms with Gasteiger partial charge in [-0.2, -0.15) is 0 Å². The summed E-state index contributed by atoms with van der Waals surface area (Å²) in [6.45, 7) is 3.22. The van der Waals surface area contributed by atoms with Crippen LogP contribution in [0.25, 0.3) is 0 Å². The summed E-state index contributed by atoms with van der Waals surface area (Å²) in [5.74, 6) is -1.48. The van der Waals surface area contributed by atoms with Gasteiger partial charge < -0.3 is 10.1 Å². The maximum absolute atomic E-state index is 12.5. The predicted octanol–water partition coefficient (Wildman–Crippen LogP) is 1.52. The molecule has 110 valence electrons. The van der Waals surface area contributed by atoms with Crippen molar-refractivity contribution in [1.82, 2.24) is 4.98 Å². The molecule has 7 heteroatoms. The summed E-state index contributed by atoms with van der Waals surface area (Å²) in [4.78, 5) is 25.0. The normalized spacial score (nSPS) is 11.3. The van der Waals surface area contributed by atoms with Gasteiger partial charge in [-0.05, 0) is 26.0 Å². The van der Waals surface area contributed by atoms with Crippen LogP contribution in [0.4, 0.5) is 0 Å². The first-order valence-corrected chi connectivity index (χ1v) is 7.51. The van der Waals surface area contributed by atoms with Crippen molar-refractivity contribution in [3.63, 3.8) is 0 Å². The van der Waals surface area contributed by atoms with E-state index in [2.05, 4.69) is 4.98 Å². The maximum Gasteiger partial charge on any atom is 0.341 e. The van der Waals surface area contributed by atoms with E-state index in [1.807, 2.05) is 0 Å². The molecule has 2 N–H and O–H groups in total. The number of H-pyrrole nitrogens is 1. The number of hydrogen-bond acceptors (Lipinski definition) is 4. The zero-order valence-electron chi connectivity index (χ0n) is 11.4. The minimum atomic E-state index is -4.08. The number of nitrogens with one attached hydrogen (secondary N) is 1. The molecule has 0 aliphatic heterocycles. The van der Waals surface area contributed by atoms with Gasteiger partial charge in [0.2, 0.25) is 15.3 Å². The number of carbonyl (C=O) groups is 1. The Balaban J connectivity index is 2.77. The van der Waals surface area contributed by atoms with Gasteiger partial charge >= 0.3 is 5.97 Å². The number of aromatic carboxylic acids is 1. The fraction of sp³-hybridized carbons (Fsp3) is 0.143. The van der Waals surface area contributed by atoms with Crippen molar-refractivity contribution >= 4 is 15.8 Å². The predicted molar refractivity (Wildman–Crippen MR) is 75.4 cm³/mol. The molecular weight excluding hydrogens is 294 g/mol. The zero-order chi connectivity index (χ0) is 15.8. The van der Waals surface area contributed by atoms with E-state index in [1.165, 1.54) is 19.1 Å². The Labute approximate surface area is 121 Å². The van der Waals surface area contributed by atoms with Crippen LogP contribution in [-0.4, -0.2) is 24.5 Å². The van der Waals surface area contributed by atoms with Crippen LogP contribution in [0.2, 0.25) is 0 Å². The van der Waals surface area contributed by atoms with Gasteiger partial charge in [0.15, 0.2) is 0 Å². The lowest BCUT2D eigenvalue weighted by atomic mass is 10.2. The number of benzene rings is 1. The van der Waals surface area contributed by atoms with Crippen LogP contribution in [0, 0.1) is 13.8 Å². The lowest BCUT2D eigenvalue weighted by Crippen LogP contribution is -2.24. The summed E-state index contributed by atoms with van der Waals surface area (Å²) in [7, 11) is -4.08. The molecule has 2 rings (SSSR count). The highest BCUT2D eigenvalue weighted by Crippen LogP contribution is 2.20. The monoisotopic (exact) mass is 307 g/mol. The number of aryl methyl sites for hydroxylation is 2. The molecule has 0 saturated carbocycles. The Bertz CT molecular complexity index is 863. The Hall–Kier alpha value is -2.41. The topological polar surface area (TPSA) is 104 Å².